The van der Waals surface area contributed by atoms with Gasteiger partial charge in [-0.2, -0.15) is 5.26 Å². The summed E-state index contributed by atoms with van der Waals surface area (Å²) in [6.07, 6.45) is 3.81. The van der Waals surface area contributed by atoms with E-state index in [2.05, 4.69) is 10.6 Å². The Morgan fingerprint density at radius 1 is 1.32 bits per heavy atom. The molecule has 0 aromatic rings. The first-order chi connectivity index (χ1) is 8.97. The van der Waals surface area contributed by atoms with Crippen molar-refractivity contribution in [3.8, 4) is 6.07 Å². The smallest absolute Gasteiger partial charge is 0.303 e. The lowest BCUT2D eigenvalue weighted by Crippen LogP contribution is -2.31. The molecule has 106 valence electrons. The molecule has 19 heavy (non-hydrogen) atoms. The van der Waals surface area contributed by atoms with Crippen molar-refractivity contribution < 1.29 is 14.7 Å². The first-order valence-corrected chi connectivity index (χ1v) is 6.33. The highest BCUT2D eigenvalue weighted by Crippen LogP contribution is 1.99. The molecule has 3 N–H and O–H groups in total. The molecular formula is C13H21N3O3. The highest BCUT2D eigenvalue weighted by atomic mass is 16.4. The fraction of sp³-hybridized carbons (Fsp3) is 0.615. The number of nitrogens with zero attached hydrogens (tertiary/aromatic N) is 1. The van der Waals surface area contributed by atoms with Crippen LogP contribution in [0.2, 0.25) is 0 Å². The van der Waals surface area contributed by atoms with E-state index >= 15 is 0 Å². The molecule has 0 atom stereocenters. The van der Waals surface area contributed by atoms with Gasteiger partial charge in [-0.05, 0) is 26.7 Å². The van der Waals surface area contributed by atoms with E-state index in [4.69, 9.17) is 10.4 Å². The highest BCUT2D eigenvalue weighted by Gasteiger charge is 2.08. The fourth-order valence-corrected chi connectivity index (χ4v) is 1.34. The largest absolute Gasteiger partial charge is 0.481 e. The summed E-state index contributed by atoms with van der Waals surface area (Å²) < 4.78 is 0. The third-order valence-corrected chi connectivity index (χ3v) is 2.24. The summed E-state index contributed by atoms with van der Waals surface area (Å²) >= 11 is 0. The van der Waals surface area contributed by atoms with E-state index in [0.29, 0.717) is 13.0 Å². The normalized spacial score (nSPS) is 10.9. The first-order valence-electron chi connectivity index (χ1n) is 6.33. The van der Waals surface area contributed by atoms with Gasteiger partial charge in [0.05, 0.1) is 0 Å². The predicted molar refractivity (Wildman–Crippen MR) is 71.1 cm³/mol. The maximum absolute atomic E-state index is 11.5. The van der Waals surface area contributed by atoms with Gasteiger partial charge in [0.1, 0.15) is 11.6 Å². The minimum atomic E-state index is -0.787. The Balaban J connectivity index is 3.86. The van der Waals surface area contributed by atoms with Gasteiger partial charge in [-0.25, -0.2) is 0 Å². The predicted octanol–water partition coefficient (Wildman–Crippen LogP) is 1.15. The number of carbonyl (C=O) groups excluding carboxylic acids is 1. The molecule has 6 nitrogen and oxygen atoms in total. The van der Waals surface area contributed by atoms with Crippen LogP contribution in [0, 0.1) is 11.3 Å². The Hall–Kier alpha value is -2.03. The van der Waals surface area contributed by atoms with Crippen LogP contribution in [0.5, 0.6) is 0 Å². The van der Waals surface area contributed by atoms with Crippen LogP contribution in [0.3, 0.4) is 0 Å². The van der Waals surface area contributed by atoms with E-state index in [0.717, 1.165) is 12.8 Å². The number of carboxylic acid groups (broad SMARTS) is 1. The van der Waals surface area contributed by atoms with Crippen LogP contribution in [0.15, 0.2) is 11.8 Å². The number of nitriles is 1. The molecule has 1 amide bonds. The molecule has 0 bridgehead atoms. The molecule has 0 aliphatic carbocycles. The van der Waals surface area contributed by atoms with Crippen molar-refractivity contribution in [3.63, 3.8) is 0 Å². The Bertz CT molecular complexity index is 370. The summed E-state index contributed by atoms with van der Waals surface area (Å²) in [7, 11) is 0. The van der Waals surface area contributed by atoms with Crippen molar-refractivity contribution in [2.75, 3.05) is 6.54 Å². The van der Waals surface area contributed by atoms with Gasteiger partial charge >= 0.3 is 5.97 Å². The number of aliphatic carboxylic acids is 1. The third-order valence-electron chi connectivity index (χ3n) is 2.24. The van der Waals surface area contributed by atoms with E-state index in [1.807, 2.05) is 19.9 Å². The zero-order valence-electron chi connectivity index (χ0n) is 11.4. The van der Waals surface area contributed by atoms with E-state index in [-0.39, 0.29) is 18.0 Å². The lowest BCUT2D eigenvalue weighted by molar-refractivity contribution is -0.137. The molecule has 0 aliphatic rings. The molecule has 0 saturated heterocycles. The Morgan fingerprint density at radius 3 is 2.53 bits per heavy atom. The minimum absolute atomic E-state index is 0.0136. The van der Waals surface area contributed by atoms with E-state index in [1.54, 1.807) is 0 Å². The van der Waals surface area contributed by atoms with Gasteiger partial charge in [0.25, 0.3) is 5.91 Å². The number of nitrogens with one attached hydrogen (secondary N) is 2. The number of hydrogen-bond acceptors (Lipinski definition) is 4. The van der Waals surface area contributed by atoms with Crippen molar-refractivity contribution in [2.24, 2.45) is 0 Å². The van der Waals surface area contributed by atoms with Crippen molar-refractivity contribution in [2.45, 2.75) is 45.6 Å². The lowest BCUT2D eigenvalue weighted by atomic mass is 10.2. The summed E-state index contributed by atoms with van der Waals surface area (Å²) in [6, 6.07) is 1.82. The Kier molecular flexibility index (Phi) is 8.88. The van der Waals surface area contributed by atoms with Gasteiger partial charge in [-0.15, -0.1) is 0 Å². The maximum Gasteiger partial charge on any atom is 0.303 e. The number of hydrogen-bond donors (Lipinski definition) is 3. The van der Waals surface area contributed by atoms with Gasteiger partial charge < -0.3 is 15.7 Å². The quantitative estimate of drug-likeness (QED) is 0.330. The molecule has 0 heterocycles. The number of amides is 1. The Morgan fingerprint density at radius 2 is 2.00 bits per heavy atom. The second-order valence-electron chi connectivity index (χ2n) is 4.46. The maximum atomic E-state index is 11.5. The SMILES string of the molecule is CC(C)NC(=O)/C(C#N)=C\NCCCCCC(=O)O. The third kappa shape index (κ3) is 9.65. The van der Waals surface area contributed by atoms with Crippen molar-refractivity contribution >= 4 is 11.9 Å². The zero-order valence-corrected chi connectivity index (χ0v) is 11.4. The summed E-state index contributed by atoms with van der Waals surface area (Å²) in [5.41, 5.74) is 0.0410. The van der Waals surface area contributed by atoms with Crippen molar-refractivity contribution in [1.82, 2.24) is 10.6 Å². The van der Waals surface area contributed by atoms with Crippen LogP contribution in [0.4, 0.5) is 0 Å². The molecular weight excluding hydrogens is 246 g/mol. The van der Waals surface area contributed by atoms with Crippen LogP contribution in [-0.4, -0.2) is 29.6 Å². The summed E-state index contributed by atoms with van der Waals surface area (Å²) in [4.78, 5) is 21.8. The molecule has 0 radical (unpaired) electrons. The Labute approximate surface area is 113 Å². The number of carboxylic acids is 1. The van der Waals surface area contributed by atoms with Crippen LogP contribution < -0.4 is 10.6 Å². The lowest BCUT2D eigenvalue weighted by Gasteiger charge is -2.07. The summed E-state index contributed by atoms with van der Waals surface area (Å²) in [6.45, 7) is 4.26. The average molecular weight is 267 g/mol. The second kappa shape index (κ2) is 9.95. The molecule has 0 rings (SSSR count). The molecule has 0 spiro atoms. The molecule has 0 aromatic carbocycles. The topological polar surface area (TPSA) is 102 Å². The average Bonchev–Trinajstić information content (AvgIpc) is 2.31. The van der Waals surface area contributed by atoms with Gasteiger partial charge in [0, 0.05) is 25.2 Å². The van der Waals surface area contributed by atoms with Gasteiger partial charge in [-0.1, -0.05) is 6.42 Å². The summed E-state index contributed by atoms with van der Waals surface area (Å²) in [5, 5.41) is 22.8. The highest BCUT2D eigenvalue weighted by molar-refractivity contribution is 5.97. The molecule has 6 heteroatoms. The second-order valence-corrected chi connectivity index (χ2v) is 4.46. The standard InChI is InChI=1S/C13H21N3O3/c1-10(2)16-13(19)11(8-14)9-15-7-5-3-4-6-12(17)18/h9-10,15H,3-7H2,1-2H3,(H,16,19)(H,17,18)/b11-9-. The van der Waals surface area contributed by atoms with Crippen LogP contribution >= 0.6 is 0 Å². The van der Waals surface area contributed by atoms with Gasteiger partial charge in [0.15, 0.2) is 0 Å². The van der Waals surface area contributed by atoms with Crippen molar-refractivity contribution in [3.05, 3.63) is 11.8 Å². The van der Waals surface area contributed by atoms with Crippen LogP contribution in [-0.2, 0) is 9.59 Å². The van der Waals surface area contributed by atoms with E-state index < -0.39 is 11.9 Å². The molecule has 0 aromatic heterocycles. The number of unbranched alkanes of at least 4 members (excludes halogenated alkanes) is 2. The molecule has 0 fully saturated rings. The van der Waals surface area contributed by atoms with Crippen molar-refractivity contribution in [1.29, 1.82) is 5.26 Å². The molecule has 0 unspecified atom stereocenters. The van der Waals surface area contributed by atoms with E-state index in [9.17, 15) is 9.59 Å². The number of rotatable bonds is 9. The molecule has 0 saturated carbocycles. The fourth-order valence-electron chi connectivity index (χ4n) is 1.34. The van der Waals surface area contributed by atoms with Crippen LogP contribution in [0.25, 0.3) is 0 Å². The van der Waals surface area contributed by atoms with Gasteiger partial charge in [0.2, 0.25) is 0 Å². The molecule has 0 aliphatic heterocycles. The summed E-state index contributed by atoms with van der Waals surface area (Å²) in [5.74, 6) is -1.18. The van der Waals surface area contributed by atoms with Gasteiger partial charge in [-0.3, -0.25) is 9.59 Å². The number of carbonyl (C=O) groups is 2. The van der Waals surface area contributed by atoms with Crippen LogP contribution in [0.1, 0.15) is 39.5 Å². The van der Waals surface area contributed by atoms with E-state index in [1.165, 1.54) is 6.20 Å². The first kappa shape index (κ1) is 17.0. The monoisotopic (exact) mass is 267 g/mol. The minimum Gasteiger partial charge on any atom is -0.481 e. The zero-order chi connectivity index (χ0) is 14.7.